The van der Waals surface area contributed by atoms with Crippen molar-refractivity contribution in [1.29, 1.82) is 0 Å². The second kappa shape index (κ2) is 9.16. The molecule has 160 valence electrons. The zero-order chi connectivity index (χ0) is 21.3. The van der Waals surface area contributed by atoms with Gasteiger partial charge in [-0.2, -0.15) is 0 Å². The number of nitro groups is 1. The largest absolute Gasteiger partial charge is 0.481 e. The van der Waals surface area contributed by atoms with Crippen molar-refractivity contribution in [3.05, 3.63) is 88.0 Å². The van der Waals surface area contributed by atoms with E-state index in [4.69, 9.17) is 10.5 Å². The van der Waals surface area contributed by atoms with Gasteiger partial charge >= 0.3 is 5.97 Å². The number of hydrogen-bond acceptors (Lipinski definition) is 5. The van der Waals surface area contributed by atoms with Crippen LogP contribution in [-0.4, -0.2) is 22.0 Å². The maximum atomic E-state index is 11.7. The molecule has 7 nitrogen and oxygen atoms in total. The lowest BCUT2D eigenvalue weighted by molar-refractivity contribution is -0.384. The van der Waals surface area contributed by atoms with Crippen LogP contribution in [0.15, 0.2) is 66.7 Å². The van der Waals surface area contributed by atoms with Crippen LogP contribution >= 0.6 is 12.4 Å². The predicted octanol–water partition coefficient (Wildman–Crippen LogP) is 4.92. The van der Waals surface area contributed by atoms with Gasteiger partial charge in [-0.1, -0.05) is 36.4 Å². The van der Waals surface area contributed by atoms with E-state index in [1.165, 1.54) is 12.1 Å². The number of carboxylic acid groups (broad SMARTS) is 1. The summed E-state index contributed by atoms with van der Waals surface area (Å²) in [6.07, 6.45) is 1.35. The zero-order valence-corrected chi connectivity index (χ0v) is 17.2. The Morgan fingerprint density at radius 1 is 1.10 bits per heavy atom. The van der Waals surface area contributed by atoms with Crippen LogP contribution in [0, 0.1) is 10.1 Å². The quantitative estimate of drug-likeness (QED) is 0.429. The van der Waals surface area contributed by atoms with Gasteiger partial charge in [0.05, 0.1) is 10.8 Å². The Hall–Kier alpha value is -3.42. The minimum Gasteiger partial charge on any atom is -0.481 e. The first-order chi connectivity index (χ1) is 14.4. The molecule has 0 fully saturated rings. The number of hydrogen-bond donors (Lipinski definition) is 2. The number of rotatable bonds is 5. The van der Waals surface area contributed by atoms with Crippen molar-refractivity contribution >= 4 is 24.1 Å². The number of nitrogens with zero attached hydrogens (tertiary/aromatic N) is 1. The molecule has 0 bridgehead atoms. The molecule has 2 atom stereocenters. The molecule has 0 aliphatic heterocycles. The zero-order valence-electron chi connectivity index (χ0n) is 16.4. The van der Waals surface area contributed by atoms with Gasteiger partial charge in [-0.15, -0.1) is 12.4 Å². The van der Waals surface area contributed by atoms with Crippen LogP contribution in [-0.2, 0) is 11.2 Å². The maximum Gasteiger partial charge on any atom is 0.312 e. The number of carboxylic acids is 1. The van der Waals surface area contributed by atoms with Gasteiger partial charge in [0.1, 0.15) is 11.5 Å². The summed E-state index contributed by atoms with van der Waals surface area (Å²) in [6, 6.07) is 18.5. The number of fused-ring (bicyclic) bond motifs is 1. The van der Waals surface area contributed by atoms with E-state index in [1.54, 1.807) is 30.3 Å². The molecule has 0 spiro atoms. The van der Waals surface area contributed by atoms with Crippen LogP contribution in [0.5, 0.6) is 11.5 Å². The van der Waals surface area contributed by atoms with Crippen molar-refractivity contribution in [3.8, 4) is 22.6 Å². The van der Waals surface area contributed by atoms with E-state index < -0.39 is 22.9 Å². The molecule has 3 aromatic carbocycles. The molecule has 8 heteroatoms. The fraction of sp³-hybridized carbons (Fsp3) is 0.174. The van der Waals surface area contributed by atoms with E-state index in [1.807, 2.05) is 24.3 Å². The number of carbonyl (C=O) groups is 1. The molecule has 0 amide bonds. The normalized spacial score (nSPS) is 17.2. The van der Waals surface area contributed by atoms with Crippen LogP contribution < -0.4 is 10.5 Å². The molecule has 0 saturated heterocycles. The summed E-state index contributed by atoms with van der Waals surface area (Å²) in [5, 5.41) is 20.7. The molecule has 3 N–H and O–H groups in total. The Morgan fingerprint density at radius 2 is 1.87 bits per heavy atom. The third-order valence-electron chi connectivity index (χ3n) is 5.38. The van der Waals surface area contributed by atoms with Crippen LogP contribution in [0.1, 0.15) is 23.5 Å². The predicted molar refractivity (Wildman–Crippen MR) is 119 cm³/mol. The molecule has 0 heterocycles. The fourth-order valence-corrected chi connectivity index (χ4v) is 3.90. The van der Waals surface area contributed by atoms with Gasteiger partial charge in [-0.25, -0.2) is 0 Å². The minimum atomic E-state index is -0.947. The summed E-state index contributed by atoms with van der Waals surface area (Å²) in [4.78, 5) is 22.4. The number of halogens is 1. The first-order valence-corrected chi connectivity index (χ1v) is 9.57. The van der Waals surface area contributed by atoms with Gasteiger partial charge in [-0.3, -0.25) is 14.9 Å². The van der Waals surface area contributed by atoms with Crippen molar-refractivity contribution in [2.24, 2.45) is 5.73 Å². The lowest BCUT2D eigenvalue weighted by Gasteiger charge is -2.28. The topological polar surface area (TPSA) is 116 Å². The second-order valence-electron chi connectivity index (χ2n) is 7.28. The van der Waals surface area contributed by atoms with Crippen molar-refractivity contribution in [3.63, 3.8) is 0 Å². The number of benzene rings is 3. The number of aryl methyl sites for hydroxylation is 1. The summed E-state index contributed by atoms with van der Waals surface area (Å²) in [5.41, 5.74) is 9.04. The van der Waals surface area contributed by atoms with E-state index in [2.05, 4.69) is 0 Å². The fourth-order valence-electron chi connectivity index (χ4n) is 3.90. The molecule has 4 rings (SSSR count). The highest BCUT2D eigenvalue weighted by atomic mass is 35.5. The molecule has 31 heavy (non-hydrogen) atoms. The Morgan fingerprint density at radius 3 is 2.61 bits per heavy atom. The standard InChI is InChI=1S/C23H20N2O5.ClH/c24-20-11-9-14-8-10-17(13-19(14)22(20)23(26)27)30-21-7-2-1-6-18(21)15-4-3-5-16(12-15)25(28)29;/h1-8,10,12-13,20,22H,9,11,24H2,(H,26,27);1H. The van der Waals surface area contributed by atoms with Crippen LogP contribution in [0.3, 0.4) is 0 Å². The highest BCUT2D eigenvalue weighted by molar-refractivity contribution is 5.85. The van der Waals surface area contributed by atoms with E-state index in [0.717, 1.165) is 12.0 Å². The smallest absolute Gasteiger partial charge is 0.312 e. The molecule has 2 unspecified atom stereocenters. The van der Waals surface area contributed by atoms with E-state index in [0.29, 0.717) is 34.6 Å². The van der Waals surface area contributed by atoms with Crippen molar-refractivity contribution in [2.75, 3.05) is 0 Å². The van der Waals surface area contributed by atoms with Crippen molar-refractivity contribution in [2.45, 2.75) is 24.8 Å². The average molecular weight is 441 g/mol. The number of nitrogens with two attached hydrogens (primary N) is 1. The van der Waals surface area contributed by atoms with Gasteiger partial charge in [0.2, 0.25) is 0 Å². The summed E-state index contributed by atoms with van der Waals surface area (Å²) in [7, 11) is 0. The van der Waals surface area contributed by atoms with Crippen LogP contribution in [0.25, 0.3) is 11.1 Å². The van der Waals surface area contributed by atoms with Crippen LogP contribution in [0.4, 0.5) is 5.69 Å². The molecule has 1 aliphatic carbocycles. The van der Waals surface area contributed by atoms with Gasteiger partial charge in [0, 0.05) is 23.7 Å². The lowest BCUT2D eigenvalue weighted by atomic mass is 9.79. The minimum absolute atomic E-state index is 0. The monoisotopic (exact) mass is 440 g/mol. The Kier molecular flexibility index (Phi) is 6.58. The highest BCUT2D eigenvalue weighted by Gasteiger charge is 2.33. The van der Waals surface area contributed by atoms with E-state index in [-0.39, 0.29) is 18.1 Å². The molecule has 1 aliphatic rings. The first kappa shape index (κ1) is 22.3. The van der Waals surface area contributed by atoms with Gasteiger partial charge in [0.25, 0.3) is 5.69 Å². The maximum absolute atomic E-state index is 11.7. The molecular weight excluding hydrogens is 420 g/mol. The molecule has 0 aromatic heterocycles. The van der Waals surface area contributed by atoms with Gasteiger partial charge in [-0.05, 0) is 47.7 Å². The summed E-state index contributed by atoms with van der Waals surface area (Å²) in [6.45, 7) is 0. The highest BCUT2D eigenvalue weighted by Crippen LogP contribution is 2.38. The SMILES string of the molecule is Cl.NC1CCc2ccc(Oc3ccccc3-c3cccc([N+](=O)[O-])c3)cc2C1C(=O)O. The molecule has 0 radical (unpaired) electrons. The molecular formula is C23H21ClN2O5. The third kappa shape index (κ3) is 4.52. The summed E-state index contributed by atoms with van der Waals surface area (Å²) in [5.74, 6) is -0.709. The number of aliphatic carboxylic acids is 1. The average Bonchev–Trinajstić information content (AvgIpc) is 2.73. The summed E-state index contributed by atoms with van der Waals surface area (Å²) >= 11 is 0. The molecule has 3 aromatic rings. The van der Waals surface area contributed by atoms with Crippen LogP contribution in [0.2, 0.25) is 0 Å². The Bertz CT molecular complexity index is 1130. The van der Waals surface area contributed by atoms with E-state index in [9.17, 15) is 20.0 Å². The Labute approximate surface area is 185 Å². The number of nitro benzene ring substituents is 1. The second-order valence-corrected chi connectivity index (χ2v) is 7.28. The third-order valence-corrected chi connectivity index (χ3v) is 5.38. The van der Waals surface area contributed by atoms with Gasteiger partial charge in [0.15, 0.2) is 0 Å². The van der Waals surface area contributed by atoms with Crippen molar-refractivity contribution < 1.29 is 19.6 Å². The number of ether oxygens (including phenoxy) is 1. The summed E-state index contributed by atoms with van der Waals surface area (Å²) < 4.78 is 6.09. The number of para-hydroxylation sites is 1. The Balaban J connectivity index is 0.00000272. The number of non-ortho nitro benzene ring substituents is 1. The van der Waals surface area contributed by atoms with E-state index >= 15 is 0 Å². The lowest BCUT2D eigenvalue weighted by Crippen LogP contribution is -2.37. The molecule has 0 saturated carbocycles. The van der Waals surface area contributed by atoms with Gasteiger partial charge < -0.3 is 15.6 Å². The van der Waals surface area contributed by atoms with Crippen molar-refractivity contribution in [1.82, 2.24) is 0 Å². The first-order valence-electron chi connectivity index (χ1n) is 9.57.